The summed E-state index contributed by atoms with van der Waals surface area (Å²) in [6.07, 6.45) is 0. The lowest BCUT2D eigenvalue weighted by molar-refractivity contribution is -0.0475. The van der Waals surface area contributed by atoms with Crippen molar-refractivity contribution >= 4 is 17.4 Å². The summed E-state index contributed by atoms with van der Waals surface area (Å²) in [6, 6.07) is 0. The average molecular weight is 356 g/mol. The van der Waals surface area contributed by atoms with Gasteiger partial charge in [0, 0.05) is 0 Å². The Bertz CT molecular complexity index is 494. The summed E-state index contributed by atoms with van der Waals surface area (Å²) >= 11 is 0. The summed E-state index contributed by atoms with van der Waals surface area (Å²) in [5.41, 5.74) is -8.39. The van der Waals surface area contributed by atoms with Gasteiger partial charge in [0.2, 0.25) is 0 Å². The molecular weight excluding hydrogens is 336 g/mol. The fourth-order valence-corrected chi connectivity index (χ4v) is 5.12. The number of hydrogen-bond donors (Lipinski definition) is 1. The molecule has 1 unspecified atom stereocenters. The van der Waals surface area contributed by atoms with E-state index in [9.17, 15) is 31.3 Å². The molecule has 21 heavy (non-hydrogen) atoms. The minimum Gasteiger partial charge on any atom is -0.367 e. The molecule has 0 radical (unpaired) electrons. The zero-order valence-corrected chi connectivity index (χ0v) is 14.3. The normalized spacial score (nSPS) is 16.9. The molecule has 6 nitrogen and oxygen atoms in total. The summed E-state index contributed by atoms with van der Waals surface area (Å²) in [4.78, 5) is 0. The number of halogens is 3. The molecular formula is C10H20F3O6PS. The van der Waals surface area contributed by atoms with Gasteiger partial charge in [-0.3, -0.25) is 4.57 Å². The number of rotatable bonds is 4. The first kappa shape index (κ1) is 20.9. The summed E-state index contributed by atoms with van der Waals surface area (Å²) in [5.74, 6) is 0. The number of aliphatic hydroxyl groups is 1. The van der Waals surface area contributed by atoms with Crippen LogP contribution in [0.25, 0.3) is 0 Å². The first-order valence-corrected chi connectivity index (χ1v) is 8.97. The van der Waals surface area contributed by atoms with Crippen LogP contribution in [0.4, 0.5) is 13.2 Å². The molecule has 11 heteroatoms. The van der Waals surface area contributed by atoms with Gasteiger partial charge >= 0.3 is 13.1 Å². The molecule has 0 heterocycles. The molecule has 0 rings (SSSR count). The minimum atomic E-state index is -6.14. The van der Waals surface area contributed by atoms with E-state index in [1.165, 1.54) is 41.5 Å². The molecule has 0 aliphatic rings. The molecule has 0 fully saturated rings. The summed E-state index contributed by atoms with van der Waals surface area (Å²) in [7, 11) is -11.2. The summed E-state index contributed by atoms with van der Waals surface area (Å²) < 4.78 is 82.2. The van der Waals surface area contributed by atoms with Crippen LogP contribution in [0.2, 0.25) is 0 Å². The Kier molecular flexibility index (Phi) is 5.77. The number of aliphatic hydroxyl groups excluding tert-OH is 1. The van der Waals surface area contributed by atoms with E-state index >= 15 is 0 Å². The predicted octanol–water partition coefficient (Wildman–Crippen LogP) is 3.02. The first-order chi connectivity index (χ1) is 8.82. The van der Waals surface area contributed by atoms with Crippen LogP contribution in [-0.4, -0.2) is 35.4 Å². The van der Waals surface area contributed by atoms with Crippen molar-refractivity contribution in [3.63, 3.8) is 0 Å². The Hall–Kier alpha value is -0.150. The van der Waals surface area contributed by atoms with Gasteiger partial charge in [0.05, 0.1) is 11.2 Å². The van der Waals surface area contributed by atoms with E-state index in [0.717, 1.165) is 0 Å². The maximum atomic E-state index is 12.5. The lowest BCUT2D eigenvalue weighted by Crippen LogP contribution is -2.38. The Labute approximate surface area is 122 Å². The SMILES string of the molecule is CC(C)(C)OP(=O)(OC(C)(C)C)C(O)S(=O)(=O)C(F)(F)F. The van der Waals surface area contributed by atoms with E-state index in [1.807, 2.05) is 0 Å². The molecule has 0 aliphatic heterocycles. The fourth-order valence-electron chi connectivity index (χ4n) is 1.16. The molecule has 128 valence electrons. The van der Waals surface area contributed by atoms with Gasteiger partial charge in [0.1, 0.15) is 0 Å². The van der Waals surface area contributed by atoms with Crippen molar-refractivity contribution in [1.29, 1.82) is 0 Å². The number of hydrogen-bond acceptors (Lipinski definition) is 6. The molecule has 0 saturated heterocycles. The Morgan fingerprint density at radius 1 is 0.952 bits per heavy atom. The largest absolute Gasteiger partial charge is 0.500 e. The summed E-state index contributed by atoms with van der Waals surface area (Å²) in [5, 5.41) is 6.18. The van der Waals surface area contributed by atoms with E-state index in [0.29, 0.717) is 0 Å². The minimum absolute atomic E-state index is 1.30. The van der Waals surface area contributed by atoms with Crippen LogP contribution in [0.3, 0.4) is 0 Å². The third kappa shape index (κ3) is 5.86. The van der Waals surface area contributed by atoms with Crippen molar-refractivity contribution in [3.05, 3.63) is 0 Å². The molecule has 0 amide bonds. The van der Waals surface area contributed by atoms with E-state index in [-0.39, 0.29) is 0 Å². The van der Waals surface area contributed by atoms with Gasteiger partial charge in [-0.1, -0.05) is 0 Å². The molecule has 0 spiro atoms. The molecule has 1 N–H and O–H groups in total. The van der Waals surface area contributed by atoms with Gasteiger partial charge < -0.3 is 14.2 Å². The lowest BCUT2D eigenvalue weighted by Gasteiger charge is -2.34. The highest BCUT2D eigenvalue weighted by Crippen LogP contribution is 2.60. The zero-order valence-electron chi connectivity index (χ0n) is 12.6. The third-order valence-electron chi connectivity index (χ3n) is 1.67. The van der Waals surface area contributed by atoms with Crippen LogP contribution in [0, 0.1) is 0 Å². The molecule has 0 aliphatic carbocycles. The van der Waals surface area contributed by atoms with Gasteiger partial charge in [0.15, 0.2) is 0 Å². The number of alkyl halides is 3. The second kappa shape index (κ2) is 5.81. The highest BCUT2D eigenvalue weighted by molar-refractivity contribution is 7.99. The smallest absolute Gasteiger partial charge is 0.367 e. The molecule has 0 aromatic rings. The van der Waals surface area contributed by atoms with Gasteiger partial charge in [0.25, 0.3) is 15.0 Å². The summed E-state index contributed by atoms with van der Waals surface area (Å²) in [6.45, 7) is 7.99. The maximum absolute atomic E-state index is 12.5. The second-order valence-electron chi connectivity index (χ2n) is 6.26. The predicted molar refractivity (Wildman–Crippen MR) is 70.3 cm³/mol. The van der Waals surface area contributed by atoms with Gasteiger partial charge in [-0.15, -0.1) is 0 Å². The standard InChI is InChI=1S/C10H20F3O6PS/c1-8(2,3)18-20(15,19-9(4,5)6)7(14)21(16,17)10(11,12)13/h7,14H,1-6H3. The third-order valence-corrected chi connectivity index (χ3v) is 6.63. The van der Waals surface area contributed by atoms with Crippen molar-refractivity contribution < 1.29 is 40.3 Å². The average Bonchev–Trinajstić information content (AvgIpc) is 2.07. The van der Waals surface area contributed by atoms with Crippen LogP contribution < -0.4 is 0 Å². The van der Waals surface area contributed by atoms with Crippen molar-refractivity contribution in [2.75, 3.05) is 0 Å². The van der Waals surface area contributed by atoms with Gasteiger partial charge in [-0.2, -0.15) is 13.2 Å². The molecule has 0 aromatic heterocycles. The van der Waals surface area contributed by atoms with Crippen molar-refractivity contribution in [1.82, 2.24) is 0 Å². The maximum Gasteiger partial charge on any atom is 0.500 e. The number of sulfone groups is 1. The van der Waals surface area contributed by atoms with Crippen molar-refractivity contribution in [3.8, 4) is 0 Å². The van der Waals surface area contributed by atoms with Gasteiger partial charge in [-0.05, 0) is 41.5 Å². The van der Waals surface area contributed by atoms with Crippen LogP contribution in [0.1, 0.15) is 41.5 Å². The second-order valence-corrected chi connectivity index (χ2v) is 10.5. The Morgan fingerprint density at radius 3 is 1.43 bits per heavy atom. The molecule has 0 aromatic carbocycles. The van der Waals surface area contributed by atoms with Crippen LogP contribution in [0.15, 0.2) is 0 Å². The Morgan fingerprint density at radius 2 is 1.24 bits per heavy atom. The van der Waals surface area contributed by atoms with Crippen molar-refractivity contribution in [2.45, 2.75) is 63.4 Å². The lowest BCUT2D eigenvalue weighted by atomic mass is 10.2. The topological polar surface area (TPSA) is 89.9 Å². The van der Waals surface area contributed by atoms with Crippen LogP contribution in [0.5, 0.6) is 0 Å². The molecule has 0 saturated carbocycles. The fraction of sp³-hybridized carbons (Fsp3) is 1.00. The van der Waals surface area contributed by atoms with E-state index in [1.54, 1.807) is 0 Å². The highest BCUT2D eigenvalue weighted by Gasteiger charge is 2.59. The van der Waals surface area contributed by atoms with E-state index < -0.39 is 39.3 Å². The monoisotopic (exact) mass is 356 g/mol. The van der Waals surface area contributed by atoms with Crippen LogP contribution in [-0.2, 0) is 23.4 Å². The Balaban J connectivity index is 5.90. The first-order valence-electron chi connectivity index (χ1n) is 5.81. The highest BCUT2D eigenvalue weighted by atomic mass is 32.2. The van der Waals surface area contributed by atoms with Crippen molar-refractivity contribution in [2.24, 2.45) is 0 Å². The van der Waals surface area contributed by atoms with Crippen LogP contribution >= 0.6 is 7.60 Å². The quantitative estimate of drug-likeness (QED) is 0.779. The molecule has 0 bridgehead atoms. The van der Waals surface area contributed by atoms with E-state index in [2.05, 4.69) is 0 Å². The molecule has 1 atom stereocenters. The van der Waals surface area contributed by atoms with Gasteiger partial charge in [-0.25, -0.2) is 8.42 Å². The van der Waals surface area contributed by atoms with E-state index in [4.69, 9.17) is 9.05 Å². The zero-order chi connectivity index (χ0) is 17.5.